The number of nitrogens with zero attached hydrogens (tertiary/aromatic N) is 2. The Morgan fingerprint density at radius 1 is 1.00 bits per heavy atom. The van der Waals surface area contributed by atoms with Crippen LogP contribution in [0.4, 0.5) is 28.6 Å². The van der Waals surface area contributed by atoms with E-state index in [-0.39, 0.29) is 28.5 Å². The van der Waals surface area contributed by atoms with Crippen molar-refractivity contribution in [3.63, 3.8) is 0 Å². The molecule has 1 saturated carbocycles. The summed E-state index contributed by atoms with van der Waals surface area (Å²) in [6.45, 7) is 2.57. The largest absolute Gasteiger partial charge is 0.507 e. The number of hydrogen-bond acceptors (Lipinski definition) is 7. The summed E-state index contributed by atoms with van der Waals surface area (Å²) in [4.78, 5) is 34.5. The lowest BCUT2D eigenvalue weighted by Crippen LogP contribution is -2.40. The smallest absolute Gasteiger partial charge is 0.257 e. The average molecular weight is 563 g/mol. The van der Waals surface area contributed by atoms with Gasteiger partial charge in [0.2, 0.25) is 0 Å². The van der Waals surface area contributed by atoms with Crippen molar-refractivity contribution in [1.82, 2.24) is 15.3 Å². The van der Waals surface area contributed by atoms with Gasteiger partial charge in [0.05, 0.1) is 28.2 Å². The minimum atomic E-state index is -0.386. The molecule has 1 aliphatic carbocycles. The molecule has 9 nitrogen and oxygen atoms in total. The van der Waals surface area contributed by atoms with Gasteiger partial charge < -0.3 is 26.4 Å². The fourth-order valence-electron chi connectivity index (χ4n) is 6.08. The first-order chi connectivity index (χ1) is 20.4. The van der Waals surface area contributed by atoms with E-state index in [0.717, 1.165) is 23.4 Å². The lowest BCUT2D eigenvalue weighted by atomic mass is 9.74. The van der Waals surface area contributed by atoms with Crippen LogP contribution in [-0.4, -0.2) is 33.4 Å². The highest BCUT2D eigenvalue weighted by molar-refractivity contribution is 6.12. The molecule has 0 spiro atoms. The summed E-state index contributed by atoms with van der Waals surface area (Å²) in [5.74, 6) is 0.670. The highest BCUT2D eigenvalue weighted by Gasteiger charge is 2.33. The van der Waals surface area contributed by atoms with Crippen LogP contribution in [0, 0.1) is 5.92 Å². The SMILES string of the molecule is CC(CNC(=O)c1ccccc1O)(CC1CCCC1)c1ccc2c(c1)NC(=O)c1ccc(Nc3ccncn3)cc1N2. The third kappa shape index (κ3) is 5.76. The van der Waals surface area contributed by atoms with Gasteiger partial charge in [-0.25, -0.2) is 9.97 Å². The zero-order chi connectivity index (χ0) is 29.1. The van der Waals surface area contributed by atoms with Crippen molar-refractivity contribution in [2.45, 2.75) is 44.4 Å². The van der Waals surface area contributed by atoms with Crippen molar-refractivity contribution in [2.24, 2.45) is 5.92 Å². The van der Waals surface area contributed by atoms with Gasteiger partial charge in [-0.15, -0.1) is 0 Å². The van der Waals surface area contributed by atoms with Crippen LogP contribution in [-0.2, 0) is 5.41 Å². The molecule has 2 heterocycles. The number of nitrogens with one attached hydrogen (secondary N) is 4. The molecule has 1 unspecified atom stereocenters. The minimum absolute atomic E-state index is 0.0405. The van der Waals surface area contributed by atoms with E-state index in [4.69, 9.17) is 0 Å². The van der Waals surface area contributed by atoms with Crippen LogP contribution in [0.15, 0.2) is 79.3 Å². The monoisotopic (exact) mass is 562 g/mol. The normalized spacial score (nSPS) is 15.8. The van der Waals surface area contributed by atoms with Crippen LogP contribution in [0.3, 0.4) is 0 Å². The van der Waals surface area contributed by atoms with Gasteiger partial charge in [-0.3, -0.25) is 9.59 Å². The number of para-hydroxylation sites is 1. The number of carbonyl (C=O) groups excluding carboxylic acids is 2. The molecule has 214 valence electrons. The molecule has 9 heteroatoms. The Balaban J connectivity index is 1.27. The second kappa shape index (κ2) is 11.5. The Morgan fingerprint density at radius 2 is 1.83 bits per heavy atom. The fourth-order valence-corrected chi connectivity index (χ4v) is 6.08. The summed E-state index contributed by atoms with van der Waals surface area (Å²) in [5, 5.41) is 23.0. The lowest BCUT2D eigenvalue weighted by Gasteiger charge is -2.34. The van der Waals surface area contributed by atoms with Crippen molar-refractivity contribution in [3.05, 3.63) is 95.9 Å². The average Bonchev–Trinajstić information content (AvgIpc) is 3.45. The Kier molecular flexibility index (Phi) is 7.48. The maximum absolute atomic E-state index is 13.3. The molecular formula is C33H34N6O3. The first-order valence-corrected chi connectivity index (χ1v) is 14.3. The molecule has 4 aromatic rings. The molecule has 2 amide bonds. The van der Waals surface area contributed by atoms with Gasteiger partial charge in [0.25, 0.3) is 11.8 Å². The number of aromatic nitrogens is 2. The van der Waals surface area contributed by atoms with E-state index in [2.05, 4.69) is 44.2 Å². The highest BCUT2D eigenvalue weighted by Crippen LogP contribution is 2.41. The number of phenols is 1. The van der Waals surface area contributed by atoms with Crippen LogP contribution in [0.25, 0.3) is 0 Å². The Hall–Kier alpha value is -4.92. The van der Waals surface area contributed by atoms with Crippen LogP contribution >= 0.6 is 0 Å². The number of phenolic OH excluding ortho intramolecular Hbond substituents is 1. The molecule has 2 aliphatic rings. The van der Waals surface area contributed by atoms with Crippen molar-refractivity contribution in [2.75, 3.05) is 22.5 Å². The number of benzene rings is 3. The van der Waals surface area contributed by atoms with Gasteiger partial charge in [-0.2, -0.15) is 0 Å². The number of carbonyl (C=O) groups is 2. The summed E-state index contributed by atoms with van der Waals surface area (Å²) in [6, 6.07) is 19.9. The maximum atomic E-state index is 13.3. The maximum Gasteiger partial charge on any atom is 0.257 e. The van der Waals surface area contributed by atoms with Crippen molar-refractivity contribution >= 4 is 40.4 Å². The number of hydrogen-bond donors (Lipinski definition) is 5. The Morgan fingerprint density at radius 3 is 2.62 bits per heavy atom. The topological polar surface area (TPSA) is 128 Å². The zero-order valence-electron chi connectivity index (χ0n) is 23.5. The van der Waals surface area contributed by atoms with E-state index in [1.807, 2.05) is 24.3 Å². The van der Waals surface area contributed by atoms with Gasteiger partial charge in [0, 0.05) is 23.8 Å². The second-order valence-corrected chi connectivity index (χ2v) is 11.4. The molecular weight excluding hydrogens is 528 g/mol. The first kappa shape index (κ1) is 27.3. The minimum Gasteiger partial charge on any atom is -0.507 e. The van der Waals surface area contributed by atoms with Crippen molar-refractivity contribution in [1.29, 1.82) is 0 Å². The number of fused-ring (bicyclic) bond motifs is 2. The van der Waals surface area contributed by atoms with Crippen LogP contribution in [0.2, 0.25) is 0 Å². The summed E-state index contributed by atoms with van der Waals surface area (Å²) in [7, 11) is 0. The summed E-state index contributed by atoms with van der Waals surface area (Å²) < 4.78 is 0. The third-order valence-electron chi connectivity index (χ3n) is 8.35. The van der Waals surface area contributed by atoms with Crippen LogP contribution < -0.4 is 21.3 Å². The van der Waals surface area contributed by atoms with Gasteiger partial charge >= 0.3 is 0 Å². The molecule has 1 atom stereocenters. The second-order valence-electron chi connectivity index (χ2n) is 11.4. The lowest BCUT2D eigenvalue weighted by molar-refractivity contribution is 0.0938. The summed E-state index contributed by atoms with van der Waals surface area (Å²) >= 11 is 0. The summed E-state index contributed by atoms with van der Waals surface area (Å²) in [6.07, 6.45) is 8.84. The number of rotatable bonds is 8. The van der Waals surface area contributed by atoms with Crippen molar-refractivity contribution < 1.29 is 14.7 Å². The molecule has 1 aromatic heterocycles. The molecule has 5 N–H and O–H groups in total. The van der Waals surface area contributed by atoms with E-state index in [0.29, 0.717) is 35.2 Å². The number of anilines is 5. The Bertz CT molecular complexity index is 1620. The zero-order valence-corrected chi connectivity index (χ0v) is 23.5. The van der Waals surface area contributed by atoms with E-state index in [1.54, 1.807) is 36.5 Å². The predicted octanol–water partition coefficient (Wildman–Crippen LogP) is 6.50. The van der Waals surface area contributed by atoms with Gasteiger partial charge in [-0.1, -0.05) is 50.8 Å². The molecule has 0 radical (unpaired) electrons. The van der Waals surface area contributed by atoms with E-state index < -0.39 is 0 Å². The summed E-state index contributed by atoms with van der Waals surface area (Å²) in [5.41, 5.74) is 4.37. The number of amides is 2. The Labute approximate surface area is 244 Å². The molecule has 1 fully saturated rings. The van der Waals surface area contributed by atoms with Crippen LogP contribution in [0.1, 0.15) is 65.3 Å². The molecule has 1 aliphatic heterocycles. The molecule has 6 rings (SSSR count). The van der Waals surface area contributed by atoms with Gasteiger partial charge in [-0.05, 0) is 66.4 Å². The van der Waals surface area contributed by atoms with E-state index in [9.17, 15) is 14.7 Å². The molecule has 42 heavy (non-hydrogen) atoms. The quantitative estimate of drug-likeness (QED) is 0.166. The predicted molar refractivity (Wildman–Crippen MR) is 164 cm³/mol. The molecule has 3 aromatic carbocycles. The molecule has 0 bridgehead atoms. The van der Waals surface area contributed by atoms with Gasteiger partial charge in [0.1, 0.15) is 17.9 Å². The molecule has 0 saturated heterocycles. The van der Waals surface area contributed by atoms with E-state index >= 15 is 0 Å². The third-order valence-corrected chi connectivity index (χ3v) is 8.35. The van der Waals surface area contributed by atoms with Crippen LogP contribution in [0.5, 0.6) is 5.75 Å². The first-order valence-electron chi connectivity index (χ1n) is 14.3. The number of aromatic hydroxyl groups is 1. The fraction of sp³-hybridized carbons (Fsp3) is 0.273. The van der Waals surface area contributed by atoms with Crippen molar-refractivity contribution in [3.8, 4) is 5.75 Å². The van der Waals surface area contributed by atoms with Gasteiger partial charge in [0.15, 0.2) is 0 Å². The highest BCUT2D eigenvalue weighted by atomic mass is 16.3. The van der Waals surface area contributed by atoms with E-state index in [1.165, 1.54) is 38.1 Å². The standard InChI is InChI=1S/C33H34N6O3/c1-33(18-21-6-2-3-7-21,19-35-31(41)25-8-4-5-9-29(25)40)22-10-13-26-28(16-22)39-32(42)24-12-11-23(17-27(24)38-26)37-30-14-15-34-20-36-30/h4-5,8-17,20-21,38,40H,2-3,6-7,18-19H2,1H3,(H,35,41)(H,39,42)(H,34,36,37).